The van der Waals surface area contributed by atoms with Crippen molar-refractivity contribution in [2.45, 2.75) is 18.6 Å². The molecule has 2 heterocycles. The Hall–Kier alpha value is -2.73. The Balaban J connectivity index is 1.87. The molecule has 4 nitrogen and oxygen atoms in total. The molecule has 0 radical (unpaired) electrons. The summed E-state index contributed by atoms with van der Waals surface area (Å²) < 4.78 is 27.6. The van der Waals surface area contributed by atoms with Crippen LogP contribution in [0.5, 0.6) is 5.75 Å². The standard InChI is InChI=1S/C19H15F2NO3/c1-19(25)15-4-3-12(23)8-14(15)17-6-10(9-22(17)18(19)24)13-7-11(20)2-5-16(13)21/h2-8,17,23,25H,9H2,1H3/t17-,19?/m0/s1. The fourth-order valence-corrected chi connectivity index (χ4v) is 3.62. The molecule has 0 aromatic heterocycles. The van der Waals surface area contributed by atoms with E-state index in [4.69, 9.17) is 0 Å². The van der Waals surface area contributed by atoms with Crippen molar-refractivity contribution in [2.75, 3.05) is 6.54 Å². The lowest BCUT2D eigenvalue weighted by atomic mass is 9.83. The van der Waals surface area contributed by atoms with Gasteiger partial charge >= 0.3 is 0 Å². The molecule has 0 bridgehead atoms. The number of fused-ring (bicyclic) bond motifs is 3. The number of nitrogens with zero attached hydrogens (tertiary/aromatic N) is 1. The molecule has 1 unspecified atom stereocenters. The van der Waals surface area contributed by atoms with E-state index in [1.165, 1.54) is 30.0 Å². The van der Waals surface area contributed by atoms with Gasteiger partial charge in [-0.25, -0.2) is 8.78 Å². The SMILES string of the molecule is CC1(O)C(=O)N2CC(c3cc(F)ccc3F)=C[C@H]2c2cc(O)ccc21. The highest BCUT2D eigenvalue weighted by atomic mass is 19.1. The average Bonchev–Trinajstić information content (AvgIpc) is 3.00. The predicted molar refractivity (Wildman–Crippen MR) is 86.5 cm³/mol. The molecule has 0 saturated heterocycles. The number of phenols is 1. The van der Waals surface area contributed by atoms with Gasteiger partial charge in [-0.05, 0) is 54.0 Å². The number of phenolic OH excluding ortho intramolecular Hbond substituents is 1. The maximum absolute atomic E-state index is 14.1. The van der Waals surface area contributed by atoms with Gasteiger partial charge in [-0.2, -0.15) is 0 Å². The van der Waals surface area contributed by atoms with E-state index in [-0.39, 0.29) is 17.9 Å². The molecule has 25 heavy (non-hydrogen) atoms. The van der Waals surface area contributed by atoms with Gasteiger partial charge < -0.3 is 15.1 Å². The molecule has 2 aliphatic rings. The van der Waals surface area contributed by atoms with E-state index in [0.717, 1.165) is 18.2 Å². The lowest BCUT2D eigenvalue weighted by Crippen LogP contribution is -2.49. The average molecular weight is 343 g/mol. The number of aliphatic hydroxyl groups is 1. The molecule has 2 atom stereocenters. The number of hydrogen-bond acceptors (Lipinski definition) is 3. The van der Waals surface area contributed by atoms with Crippen LogP contribution in [0.4, 0.5) is 8.78 Å². The Bertz CT molecular complexity index is 936. The topological polar surface area (TPSA) is 60.8 Å². The third kappa shape index (κ3) is 2.25. The van der Waals surface area contributed by atoms with Crippen LogP contribution >= 0.6 is 0 Å². The first-order valence-corrected chi connectivity index (χ1v) is 7.82. The zero-order valence-corrected chi connectivity index (χ0v) is 13.3. The summed E-state index contributed by atoms with van der Waals surface area (Å²) in [5.41, 5.74) is -0.236. The third-order valence-electron chi connectivity index (χ3n) is 4.87. The van der Waals surface area contributed by atoms with Gasteiger partial charge in [0.2, 0.25) is 0 Å². The van der Waals surface area contributed by atoms with E-state index >= 15 is 0 Å². The van der Waals surface area contributed by atoms with E-state index < -0.39 is 29.2 Å². The second-order valence-corrected chi connectivity index (χ2v) is 6.54. The van der Waals surface area contributed by atoms with Crippen molar-refractivity contribution >= 4 is 11.5 Å². The number of amides is 1. The van der Waals surface area contributed by atoms with E-state index in [2.05, 4.69) is 0 Å². The summed E-state index contributed by atoms with van der Waals surface area (Å²) in [6, 6.07) is 7.01. The van der Waals surface area contributed by atoms with E-state index in [1.807, 2.05) is 0 Å². The largest absolute Gasteiger partial charge is 0.508 e. The van der Waals surface area contributed by atoms with Crippen molar-refractivity contribution in [3.63, 3.8) is 0 Å². The predicted octanol–water partition coefficient (Wildman–Crippen LogP) is 2.86. The maximum Gasteiger partial charge on any atom is 0.259 e. The highest BCUT2D eigenvalue weighted by molar-refractivity contribution is 5.92. The quantitative estimate of drug-likeness (QED) is 0.837. The third-order valence-corrected chi connectivity index (χ3v) is 4.87. The number of carbonyl (C=O) groups excluding carboxylic acids is 1. The van der Waals surface area contributed by atoms with Crippen molar-refractivity contribution in [1.29, 1.82) is 0 Å². The fourth-order valence-electron chi connectivity index (χ4n) is 3.62. The first-order chi connectivity index (χ1) is 11.8. The molecule has 0 aliphatic carbocycles. The van der Waals surface area contributed by atoms with Crippen molar-refractivity contribution < 1.29 is 23.8 Å². The minimum atomic E-state index is -1.75. The molecule has 4 rings (SSSR count). The van der Waals surface area contributed by atoms with E-state index in [1.54, 1.807) is 6.08 Å². The molecule has 2 aromatic rings. The Morgan fingerprint density at radius 2 is 1.96 bits per heavy atom. The Morgan fingerprint density at radius 3 is 2.72 bits per heavy atom. The lowest BCUT2D eigenvalue weighted by molar-refractivity contribution is -0.153. The highest BCUT2D eigenvalue weighted by Gasteiger charge is 2.48. The van der Waals surface area contributed by atoms with Crippen LogP contribution in [0.15, 0.2) is 42.5 Å². The molecule has 128 valence electrons. The summed E-state index contributed by atoms with van der Waals surface area (Å²) in [4.78, 5) is 14.1. The molecular formula is C19H15F2NO3. The van der Waals surface area contributed by atoms with E-state index in [0.29, 0.717) is 16.7 Å². The zero-order chi connectivity index (χ0) is 17.9. The van der Waals surface area contributed by atoms with Crippen molar-refractivity contribution in [2.24, 2.45) is 0 Å². The first-order valence-electron chi connectivity index (χ1n) is 7.82. The number of hydrogen-bond donors (Lipinski definition) is 2. The summed E-state index contributed by atoms with van der Waals surface area (Å²) in [6.07, 6.45) is 1.67. The van der Waals surface area contributed by atoms with Crippen LogP contribution in [0.25, 0.3) is 5.57 Å². The zero-order valence-electron chi connectivity index (χ0n) is 13.3. The number of rotatable bonds is 1. The molecule has 2 aromatic carbocycles. The van der Waals surface area contributed by atoms with Crippen LogP contribution in [0.1, 0.15) is 29.7 Å². The van der Waals surface area contributed by atoms with Gasteiger partial charge in [0, 0.05) is 12.1 Å². The number of carbonyl (C=O) groups is 1. The van der Waals surface area contributed by atoms with E-state index in [9.17, 15) is 23.8 Å². The van der Waals surface area contributed by atoms with Gasteiger partial charge in [-0.1, -0.05) is 12.1 Å². The van der Waals surface area contributed by atoms with Crippen LogP contribution in [-0.4, -0.2) is 27.6 Å². The monoisotopic (exact) mass is 343 g/mol. The van der Waals surface area contributed by atoms with Gasteiger partial charge in [0.1, 0.15) is 17.4 Å². The van der Waals surface area contributed by atoms with Crippen molar-refractivity contribution in [3.05, 3.63) is 70.8 Å². The van der Waals surface area contributed by atoms with Gasteiger partial charge in [0.15, 0.2) is 5.60 Å². The normalized spacial score (nSPS) is 24.8. The van der Waals surface area contributed by atoms with Crippen LogP contribution in [0.2, 0.25) is 0 Å². The van der Waals surface area contributed by atoms with Crippen LogP contribution in [-0.2, 0) is 10.4 Å². The highest BCUT2D eigenvalue weighted by Crippen LogP contribution is 2.46. The Labute approximate surface area is 142 Å². The maximum atomic E-state index is 14.1. The second kappa shape index (κ2) is 5.13. The molecule has 2 N–H and O–H groups in total. The van der Waals surface area contributed by atoms with Gasteiger partial charge in [0.05, 0.1) is 6.04 Å². The smallest absolute Gasteiger partial charge is 0.259 e. The van der Waals surface area contributed by atoms with Crippen LogP contribution in [0, 0.1) is 11.6 Å². The van der Waals surface area contributed by atoms with Gasteiger partial charge in [0.25, 0.3) is 5.91 Å². The number of benzene rings is 2. The number of halogens is 2. The molecule has 0 saturated carbocycles. The molecule has 2 aliphatic heterocycles. The fraction of sp³-hybridized carbons (Fsp3) is 0.211. The molecule has 0 spiro atoms. The summed E-state index contributed by atoms with van der Waals surface area (Å²) in [5.74, 6) is -1.66. The summed E-state index contributed by atoms with van der Waals surface area (Å²) in [6.45, 7) is 1.44. The molecule has 0 fully saturated rings. The van der Waals surface area contributed by atoms with Gasteiger partial charge in [-0.15, -0.1) is 0 Å². The summed E-state index contributed by atoms with van der Waals surface area (Å²) in [5, 5.41) is 20.5. The first kappa shape index (κ1) is 15.8. The number of aromatic hydroxyl groups is 1. The van der Waals surface area contributed by atoms with Crippen molar-refractivity contribution in [3.8, 4) is 5.75 Å². The lowest BCUT2D eigenvalue weighted by Gasteiger charge is -2.39. The van der Waals surface area contributed by atoms with Crippen molar-refractivity contribution in [1.82, 2.24) is 4.90 Å². The van der Waals surface area contributed by atoms with Gasteiger partial charge in [-0.3, -0.25) is 4.79 Å². The summed E-state index contributed by atoms with van der Waals surface area (Å²) >= 11 is 0. The minimum Gasteiger partial charge on any atom is -0.508 e. The molecule has 6 heteroatoms. The summed E-state index contributed by atoms with van der Waals surface area (Å²) in [7, 11) is 0. The second-order valence-electron chi connectivity index (χ2n) is 6.54. The Morgan fingerprint density at radius 1 is 1.20 bits per heavy atom. The van der Waals surface area contributed by atoms with Crippen LogP contribution < -0.4 is 0 Å². The molecular weight excluding hydrogens is 328 g/mol. The minimum absolute atomic E-state index is 0.00244. The Kier molecular flexibility index (Phi) is 3.24. The molecule has 1 amide bonds. The van der Waals surface area contributed by atoms with Crippen LogP contribution in [0.3, 0.4) is 0 Å².